The van der Waals surface area contributed by atoms with E-state index in [-0.39, 0.29) is 24.5 Å². The number of pyridine rings is 1. The predicted octanol–water partition coefficient (Wildman–Crippen LogP) is 4.55. The van der Waals surface area contributed by atoms with Crippen molar-refractivity contribution in [3.8, 4) is 11.3 Å². The maximum absolute atomic E-state index is 13.0. The number of rotatable bonds is 4. The fourth-order valence-corrected chi connectivity index (χ4v) is 5.06. The summed E-state index contributed by atoms with van der Waals surface area (Å²) in [7, 11) is 0. The highest BCUT2D eigenvalue weighted by atomic mass is 19.4. The molecule has 1 fully saturated rings. The van der Waals surface area contributed by atoms with E-state index in [2.05, 4.69) is 20.5 Å². The van der Waals surface area contributed by atoms with Crippen LogP contribution < -0.4 is 5.32 Å². The molecule has 2 aromatic heterocycles. The molecule has 33 heavy (non-hydrogen) atoms. The van der Waals surface area contributed by atoms with Crippen molar-refractivity contribution in [2.75, 3.05) is 25.0 Å². The SMILES string of the molecule is CCC1CN(CC(F)(F)F)CC1N1Cc2cc3c(-c4ccnc(C)c4)n[nH]c3cc2NC1=O. The normalized spacial score (nSPS) is 21.5. The molecule has 3 aromatic rings. The van der Waals surface area contributed by atoms with Crippen molar-refractivity contribution in [1.29, 1.82) is 0 Å². The molecular formula is C23H25F3N6O. The molecule has 2 atom stereocenters. The number of nitrogens with zero attached hydrogens (tertiary/aromatic N) is 4. The standard InChI is InChI=1S/C23H25F3N6O/c1-3-14-9-31(12-23(24,25)26)11-20(14)32-10-16-7-17-19(8-18(16)28-22(32)33)29-30-21(17)15-4-5-27-13(2)6-15/h4-8,14,20H,3,9-12H2,1-2H3,(H,28,33)(H,29,30). The highest BCUT2D eigenvalue weighted by Crippen LogP contribution is 2.36. The van der Waals surface area contributed by atoms with E-state index in [1.807, 2.05) is 38.1 Å². The number of hydrogen-bond donors (Lipinski definition) is 2. The minimum atomic E-state index is -4.25. The van der Waals surface area contributed by atoms with Crippen LogP contribution in [0.4, 0.5) is 23.7 Å². The number of fused-ring (bicyclic) bond motifs is 2. The topological polar surface area (TPSA) is 77.2 Å². The molecule has 2 unspecified atom stereocenters. The minimum absolute atomic E-state index is 0.00680. The molecule has 0 spiro atoms. The fraction of sp³-hybridized carbons (Fsp3) is 0.435. The van der Waals surface area contributed by atoms with Gasteiger partial charge in [-0.3, -0.25) is 15.0 Å². The van der Waals surface area contributed by atoms with Crippen LogP contribution in [0.2, 0.25) is 0 Å². The van der Waals surface area contributed by atoms with Gasteiger partial charge in [0.05, 0.1) is 18.1 Å². The first kappa shape index (κ1) is 21.7. The molecule has 2 amide bonds. The summed E-state index contributed by atoms with van der Waals surface area (Å²) in [5, 5.41) is 11.4. The molecule has 0 aliphatic carbocycles. The molecule has 174 valence electrons. The third-order valence-electron chi connectivity index (χ3n) is 6.61. The van der Waals surface area contributed by atoms with Crippen molar-refractivity contribution in [3.05, 3.63) is 41.7 Å². The Morgan fingerprint density at radius 3 is 2.76 bits per heavy atom. The molecule has 2 aliphatic heterocycles. The van der Waals surface area contributed by atoms with Crippen LogP contribution >= 0.6 is 0 Å². The number of H-pyrrole nitrogens is 1. The van der Waals surface area contributed by atoms with Gasteiger partial charge in [-0.1, -0.05) is 13.3 Å². The van der Waals surface area contributed by atoms with Crippen molar-refractivity contribution in [2.45, 2.75) is 39.0 Å². The summed E-state index contributed by atoms with van der Waals surface area (Å²) in [4.78, 5) is 20.3. The number of hydrogen-bond acceptors (Lipinski definition) is 4. The number of carbonyl (C=O) groups excluding carboxylic acids is 1. The number of benzene rings is 1. The van der Waals surface area contributed by atoms with E-state index in [0.717, 1.165) is 33.4 Å². The zero-order valence-corrected chi connectivity index (χ0v) is 18.4. The van der Waals surface area contributed by atoms with Crippen molar-refractivity contribution in [3.63, 3.8) is 0 Å². The van der Waals surface area contributed by atoms with E-state index < -0.39 is 12.7 Å². The lowest BCUT2D eigenvalue weighted by Crippen LogP contribution is -2.49. The summed E-state index contributed by atoms with van der Waals surface area (Å²) in [6.45, 7) is 3.83. The number of aromatic amines is 1. The Hall–Kier alpha value is -3.14. The molecule has 4 heterocycles. The van der Waals surface area contributed by atoms with E-state index >= 15 is 0 Å². The molecule has 1 saturated heterocycles. The van der Waals surface area contributed by atoms with Crippen LogP contribution in [-0.2, 0) is 6.54 Å². The summed E-state index contributed by atoms with van der Waals surface area (Å²) < 4.78 is 38.9. The highest BCUT2D eigenvalue weighted by Gasteiger charge is 2.43. The third-order valence-corrected chi connectivity index (χ3v) is 6.61. The maximum atomic E-state index is 13.0. The highest BCUT2D eigenvalue weighted by molar-refractivity contribution is 6.00. The summed E-state index contributed by atoms with van der Waals surface area (Å²) in [5.41, 5.74) is 5.04. The predicted molar refractivity (Wildman–Crippen MR) is 119 cm³/mol. The van der Waals surface area contributed by atoms with Gasteiger partial charge in [-0.15, -0.1) is 0 Å². The van der Waals surface area contributed by atoms with Crippen LogP contribution in [0, 0.1) is 12.8 Å². The zero-order chi connectivity index (χ0) is 23.3. The van der Waals surface area contributed by atoms with E-state index in [4.69, 9.17) is 0 Å². The minimum Gasteiger partial charge on any atom is -0.316 e. The maximum Gasteiger partial charge on any atom is 0.401 e. The van der Waals surface area contributed by atoms with Crippen LogP contribution in [-0.4, -0.2) is 62.9 Å². The second-order valence-electron chi connectivity index (χ2n) is 8.92. The van der Waals surface area contributed by atoms with Crippen LogP contribution in [0.15, 0.2) is 30.5 Å². The Morgan fingerprint density at radius 1 is 1.21 bits per heavy atom. The number of likely N-dealkylation sites (tertiary alicyclic amines) is 1. The molecule has 10 heteroatoms. The molecule has 0 bridgehead atoms. The average Bonchev–Trinajstić information content (AvgIpc) is 3.33. The van der Waals surface area contributed by atoms with Crippen molar-refractivity contribution in [2.24, 2.45) is 5.92 Å². The monoisotopic (exact) mass is 458 g/mol. The largest absolute Gasteiger partial charge is 0.401 e. The lowest BCUT2D eigenvalue weighted by atomic mass is 9.97. The molecule has 7 nitrogen and oxygen atoms in total. The van der Waals surface area contributed by atoms with Gasteiger partial charge in [0.25, 0.3) is 0 Å². The Balaban J connectivity index is 1.45. The lowest BCUT2D eigenvalue weighted by Gasteiger charge is -2.36. The number of alkyl halides is 3. The number of anilines is 1. The van der Waals surface area contributed by atoms with E-state index in [9.17, 15) is 18.0 Å². The van der Waals surface area contributed by atoms with E-state index in [1.54, 1.807) is 11.1 Å². The molecule has 0 saturated carbocycles. The second kappa shape index (κ2) is 8.02. The fourth-order valence-electron chi connectivity index (χ4n) is 5.06. The summed E-state index contributed by atoms with van der Waals surface area (Å²) in [5.74, 6) is -0.00680. The number of carbonyl (C=O) groups is 1. The van der Waals surface area contributed by atoms with Crippen LogP contribution in [0.1, 0.15) is 24.6 Å². The van der Waals surface area contributed by atoms with Gasteiger partial charge in [0.15, 0.2) is 0 Å². The number of halogens is 3. The molecule has 2 N–H and O–H groups in total. The van der Waals surface area contributed by atoms with Gasteiger partial charge in [-0.2, -0.15) is 18.3 Å². The average molecular weight is 458 g/mol. The first-order valence-electron chi connectivity index (χ1n) is 11.0. The van der Waals surface area contributed by atoms with Crippen molar-refractivity contribution in [1.82, 2.24) is 25.0 Å². The smallest absolute Gasteiger partial charge is 0.316 e. The Kier molecular flexibility index (Phi) is 5.27. The van der Waals surface area contributed by atoms with Crippen molar-refractivity contribution >= 4 is 22.6 Å². The van der Waals surface area contributed by atoms with Gasteiger partial charge in [0, 0.05) is 48.2 Å². The Bertz CT molecular complexity index is 1210. The summed E-state index contributed by atoms with van der Waals surface area (Å²) >= 11 is 0. The number of urea groups is 1. The van der Waals surface area contributed by atoms with Crippen LogP contribution in [0.3, 0.4) is 0 Å². The summed E-state index contributed by atoms with van der Waals surface area (Å²) in [6, 6.07) is 7.19. The van der Waals surface area contributed by atoms with E-state index in [1.165, 1.54) is 4.90 Å². The Morgan fingerprint density at radius 2 is 2.03 bits per heavy atom. The van der Waals surface area contributed by atoms with Gasteiger partial charge in [0.2, 0.25) is 0 Å². The zero-order valence-electron chi connectivity index (χ0n) is 18.4. The number of aryl methyl sites for hydroxylation is 1. The number of amides is 2. The molecule has 2 aliphatic rings. The quantitative estimate of drug-likeness (QED) is 0.601. The molecule has 1 aromatic carbocycles. The van der Waals surface area contributed by atoms with Gasteiger partial charge < -0.3 is 10.2 Å². The van der Waals surface area contributed by atoms with Crippen LogP contribution in [0.5, 0.6) is 0 Å². The third kappa shape index (κ3) is 4.15. The van der Waals surface area contributed by atoms with E-state index in [0.29, 0.717) is 25.2 Å². The molecule has 0 radical (unpaired) electrons. The van der Waals surface area contributed by atoms with Gasteiger partial charge in [-0.25, -0.2) is 4.79 Å². The second-order valence-corrected chi connectivity index (χ2v) is 8.92. The summed E-state index contributed by atoms with van der Waals surface area (Å²) in [6.07, 6.45) is -1.80. The first-order chi connectivity index (χ1) is 15.7. The van der Waals surface area contributed by atoms with Gasteiger partial charge >= 0.3 is 12.2 Å². The Labute approximate surface area is 189 Å². The lowest BCUT2D eigenvalue weighted by molar-refractivity contribution is -0.144. The van der Waals surface area contributed by atoms with Gasteiger partial charge in [0.1, 0.15) is 5.69 Å². The first-order valence-corrected chi connectivity index (χ1v) is 11.0. The molecule has 5 rings (SSSR count). The van der Waals surface area contributed by atoms with Crippen LogP contribution in [0.25, 0.3) is 22.2 Å². The number of nitrogens with one attached hydrogen (secondary N) is 2. The molecular weight excluding hydrogens is 433 g/mol. The van der Waals surface area contributed by atoms with Crippen molar-refractivity contribution < 1.29 is 18.0 Å². The number of aromatic nitrogens is 3. The van der Waals surface area contributed by atoms with Gasteiger partial charge in [-0.05, 0) is 42.7 Å².